The Balaban J connectivity index is 1.55. The van der Waals surface area contributed by atoms with Gasteiger partial charge in [-0.05, 0) is 57.0 Å². The number of benzene rings is 1. The highest BCUT2D eigenvalue weighted by Crippen LogP contribution is 2.23. The predicted molar refractivity (Wildman–Crippen MR) is 90.4 cm³/mol. The molecule has 0 aromatic heterocycles. The highest BCUT2D eigenvalue weighted by molar-refractivity contribution is 5.78. The van der Waals surface area contributed by atoms with Gasteiger partial charge >= 0.3 is 0 Å². The molecular formula is C18H27N3O. The fraction of sp³-hybridized carbons (Fsp3) is 0.611. The van der Waals surface area contributed by atoms with E-state index >= 15 is 0 Å². The van der Waals surface area contributed by atoms with Crippen molar-refractivity contribution in [3.63, 3.8) is 0 Å². The quantitative estimate of drug-likeness (QED) is 0.855. The van der Waals surface area contributed by atoms with Crippen molar-refractivity contribution in [3.05, 3.63) is 29.3 Å². The molecule has 0 saturated carbocycles. The first-order valence-corrected chi connectivity index (χ1v) is 8.46. The number of amides is 1. The van der Waals surface area contributed by atoms with Crippen LogP contribution in [0.5, 0.6) is 0 Å². The van der Waals surface area contributed by atoms with E-state index in [9.17, 15) is 4.79 Å². The summed E-state index contributed by atoms with van der Waals surface area (Å²) in [5, 5.41) is 0. The maximum absolute atomic E-state index is 12.4. The summed E-state index contributed by atoms with van der Waals surface area (Å²) in [6, 6.07) is 6.49. The first kappa shape index (κ1) is 15.3. The summed E-state index contributed by atoms with van der Waals surface area (Å²) in [5.41, 5.74) is 4.02. The van der Waals surface area contributed by atoms with Crippen molar-refractivity contribution in [3.8, 4) is 0 Å². The lowest BCUT2D eigenvalue weighted by atomic mass is 10.1. The standard InChI is InChI=1S/C18H27N3O/c1-15-6-5-7-17(16(15)2)20-10-12-21(13-11-20)18(22)14-19-8-3-4-9-19/h5-7H,3-4,8-14H2,1-2H3. The number of piperazine rings is 1. The maximum atomic E-state index is 12.4. The molecule has 2 aliphatic rings. The van der Waals surface area contributed by atoms with Crippen LogP contribution in [0.25, 0.3) is 0 Å². The lowest BCUT2D eigenvalue weighted by Gasteiger charge is -2.37. The van der Waals surface area contributed by atoms with Crippen LogP contribution in [-0.4, -0.2) is 61.5 Å². The molecule has 1 amide bonds. The van der Waals surface area contributed by atoms with E-state index in [1.165, 1.54) is 29.7 Å². The van der Waals surface area contributed by atoms with E-state index in [0.717, 1.165) is 39.3 Å². The molecule has 1 aromatic carbocycles. The van der Waals surface area contributed by atoms with Gasteiger partial charge in [0.25, 0.3) is 0 Å². The number of likely N-dealkylation sites (tertiary alicyclic amines) is 1. The summed E-state index contributed by atoms with van der Waals surface area (Å²) in [6.07, 6.45) is 2.49. The normalized spacial score (nSPS) is 19.7. The third-order valence-corrected chi connectivity index (χ3v) is 5.11. The zero-order valence-electron chi connectivity index (χ0n) is 13.8. The first-order valence-electron chi connectivity index (χ1n) is 8.46. The van der Waals surface area contributed by atoms with Crippen LogP contribution in [0.1, 0.15) is 24.0 Å². The first-order chi connectivity index (χ1) is 10.6. The summed E-state index contributed by atoms with van der Waals surface area (Å²) < 4.78 is 0. The van der Waals surface area contributed by atoms with Gasteiger partial charge in [0.15, 0.2) is 0 Å². The van der Waals surface area contributed by atoms with Crippen molar-refractivity contribution in [2.75, 3.05) is 50.7 Å². The topological polar surface area (TPSA) is 26.8 Å². The minimum absolute atomic E-state index is 0.308. The van der Waals surface area contributed by atoms with Crippen LogP contribution in [0.3, 0.4) is 0 Å². The number of anilines is 1. The van der Waals surface area contributed by atoms with Gasteiger partial charge < -0.3 is 9.80 Å². The molecule has 22 heavy (non-hydrogen) atoms. The highest BCUT2D eigenvalue weighted by Gasteiger charge is 2.24. The van der Waals surface area contributed by atoms with E-state index in [1.54, 1.807) is 0 Å². The molecule has 0 N–H and O–H groups in total. The van der Waals surface area contributed by atoms with E-state index in [1.807, 2.05) is 4.90 Å². The molecule has 2 aliphatic heterocycles. The Labute approximate surface area is 133 Å². The summed E-state index contributed by atoms with van der Waals surface area (Å²) in [6.45, 7) is 10.7. The number of aryl methyl sites for hydroxylation is 1. The molecule has 0 spiro atoms. The Morgan fingerprint density at radius 3 is 2.36 bits per heavy atom. The summed E-state index contributed by atoms with van der Waals surface area (Å²) in [7, 11) is 0. The Morgan fingerprint density at radius 1 is 1.00 bits per heavy atom. The Bertz CT molecular complexity index is 529. The van der Waals surface area contributed by atoms with Gasteiger partial charge in [0, 0.05) is 31.9 Å². The minimum Gasteiger partial charge on any atom is -0.368 e. The van der Waals surface area contributed by atoms with Gasteiger partial charge in [-0.2, -0.15) is 0 Å². The average Bonchev–Trinajstić information content (AvgIpc) is 3.03. The van der Waals surface area contributed by atoms with E-state index in [4.69, 9.17) is 0 Å². The van der Waals surface area contributed by atoms with Gasteiger partial charge in [0.1, 0.15) is 0 Å². The van der Waals surface area contributed by atoms with E-state index in [0.29, 0.717) is 12.5 Å². The molecule has 4 heteroatoms. The molecule has 0 bridgehead atoms. The largest absolute Gasteiger partial charge is 0.368 e. The van der Waals surface area contributed by atoms with Gasteiger partial charge in [-0.3, -0.25) is 9.69 Å². The Kier molecular flexibility index (Phi) is 4.67. The Hall–Kier alpha value is -1.55. The molecular weight excluding hydrogens is 274 g/mol. The molecule has 0 radical (unpaired) electrons. The molecule has 2 fully saturated rings. The molecule has 1 aromatic rings. The van der Waals surface area contributed by atoms with Crippen LogP contribution < -0.4 is 4.90 Å². The van der Waals surface area contributed by atoms with Gasteiger partial charge in [0.2, 0.25) is 5.91 Å². The number of carbonyl (C=O) groups excluding carboxylic acids is 1. The number of nitrogens with zero attached hydrogens (tertiary/aromatic N) is 3. The minimum atomic E-state index is 0.308. The van der Waals surface area contributed by atoms with Crippen LogP contribution in [0.15, 0.2) is 18.2 Å². The fourth-order valence-electron chi connectivity index (χ4n) is 3.51. The summed E-state index contributed by atoms with van der Waals surface area (Å²) in [5.74, 6) is 0.308. The van der Waals surface area contributed by atoms with Crippen LogP contribution in [0.4, 0.5) is 5.69 Å². The zero-order valence-corrected chi connectivity index (χ0v) is 13.8. The van der Waals surface area contributed by atoms with Crippen molar-refractivity contribution in [1.82, 2.24) is 9.80 Å². The molecule has 0 atom stereocenters. The third kappa shape index (κ3) is 3.27. The van der Waals surface area contributed by atoms with Crippen molar-refractivity contribution in [2.45, 2.75) is 26.7 Å². The summed E-state index contributed by atoms with van der Waals surface area (Å²) in [4.78, 5) is 19.1. The van der Waals surface area contributed by atoms with Crippen LogP contribution >= 0.6 is 0 Å². The number of hydrogen-bond acceptors (Lipinski definition) is 3. The number of carbonyl (C=O) groups is 1. The smallest absolute Gasteiger partial charge is 0.236 e. The summed E-state index contributed by atoms with van der Waals surface area (Å²) >= 11 is 0. The van der Waals surface area contributed by atoms with Crippen molar-refractivity contribution in [2.24, 2.45) is 0 Å². The van der Waals surface area contributed by atoms with Crippen LogP contribution in [0, 0.1) is 13.8 Å². The van der Waals surface area contributed by atoms with Crippen molar-refractivity contribution < 1.29 is 4.79 Å². The molecule has 120 valence electrons. The average molecular weight is 301 g/mol. The SMILES string of the molecule is Cc1cccc(N2CCN(C(=O)CN3CCCC3)CC2)c1C. The number of hydrogen-bond donors (Lipinski definition) is 0. The highest BCUT2D eigenvalue weighted by atomic mass is 16.2. The van der Waals surface area contributed by atoms with Gasteiger partial charge in [-0.25, -0.2) is 0 Å². The number of rotatable bonds is 3. The van der Waals surface area contributed by atoms with Crippen molar-refractivity contribution in [1.29, 1.82) is 0 Å². The van der Waals surface area contributed by atoms with E-state index < -0.39 is 0 Å². The maximum Gasteiger partial charge on any atom is 0.236 e. The zero-order chi connectivity index (χ0) is 15.5. The monoisotopic (exact) mass is 301 g/mol. The van der Waals surface area contributed by atoms with Crippen molar-refractivity contribution >= 4 is 11.6 Å². The van der Waals surface area contributed by atoms with Crippen LogP contribution in [-0.2, 0) is 4.79 Å². The molecule has 2 saturated heterocycles. The fourth-order valence-corrected chi connectivity index (χ4v) is 3.51. The lowest BCUT2D eigenvalue weighted by molar-refractivity contribution is -0.132. The second-order valence-corrected chi connectivity index (χ2v) is 6.57. The van der Waals surface area contributed by atoms with E-state index in [-0.39, 0.29) is 0 Å². The van der Waals surface area contributed by atoms with Gasteiger partial charge in [-0.15, -0.1) is 0 Å². The Morgan fingerprint density at radius 2 is 1.68 bits per heavy atom. The molecule has 2 heterocycles. The van der Waals surface area contributed by atoms with Crippen LogP contribution in [0.2, 0.25) is 0 Å². The second-order valence-electron chi connectivity index (χ2n) is 6.57. The molecule has 0 unspecified atom stereocenters. The third-order valence-electron chi connectivity index (χ3n) is 5.11. The molecule has 4 nitrogen and oxygen atoms in total. The molecule has 0 aliphatic carbocycles. The lowest BCUT2D eigenvalue weighted by Crippen LogP contribution is -2.51. The molecule has 3 rings (SSSR count). The van der Waals surface area contributed by atoms with E-state index in [2.05, 4.69) is 41.8 Å². The van der Waals surface area contributed by atoms with Gasteiger partial charge in [0.05, 0.1) is 6.54 Å². The van der Waals surface area contributed by atoms with Gasteiger partial charge in [-0.1, -0.05) is 12.1 Å². The second kappa shape index (κ2) is 6.69. The predicted octanol–water partition coefficient (Wildman–Crippen LogP) is 2.05.